The number of aliphatic hydroxyl groups is 1. The fourth-order valence-electron chi connectivity index (χ4n) is 6.67. The predicted molar refractivity (Wildman–Crippen MR) is 149 cm³/mol. The van der Waals surface area contributed by atoms with Gasteiger partial charge in [0.15, 0.2) is 5.65 Å². The van der Waals surface area contributed by atoms with Gasteiger partial charge in [-0.05, 0) is 50.5 Å². The molecule has 5 heterocycles. The van der Waals surface area contributed by atoms with E-state index in [2.05, 4.69) is 28.6 Å². The van der Waals surface area contributed by atoms with Crippen molar-refractivity contribution in [1.82, 2.24) is 29.8 Å². The molecule has 3 aromatic heterocycles. The van der Waals surface area contributed by atoms with Crippen LogP contribution < -0.4 is 11.1 Å². The van der Waals surface area contributed by atoms with Crippen LogP contribution in [0, 0.1) is 0 Å². The number of carbonyl (C=O) groups is 1. The number of nitrogens with zero attached hydrogens (tertiary/aromatic N) is 5. The largest absolute Gasteiger partial charge is 0.395 e. The highest BCUT2D eigenvalue weighted by atomic mass is 16.3. The molecule has 0 spiro atoms. The van der Waals surface area contributed by atoms with Crippen molar-refractivity contribution in [3.05, 3.63) is 66.1 Å². The lowest BCUT2D eigenvalue weighted by atomic mass is 9.85. The predicted octanol–water partition coefficient (Wildman–Crippen LogP) is 4.33. The van der Waals surface area contributed by atoms with E-state index in [0.717, 1.165) is 77.8 Å². The van der Waals surface area contributed by atoms with Gasteiger partial charge in [-0.2, -0.15) is 9.61 Å². The minimum Gasteiger partial charge on any atom is -0.395 e. The number of pyridine rings is 1. The summed E-state index contributed by atoms with van der Waals surface area (Å²) in [5.41, 5.74) is 13.7. The maximum atomic E-state index is 12.8. The molecular formula is C30H33N7O2. The van der Waals surface area contributed by atoms with Gasteiger partial charge in [-0.15, -0.1) is 0 Å². The van der Waals surface area contributed by atoms with Gasteiger partial charge in [0.05, 0.1) is 24.2 Å². The van der Waals surface area contributed by atoms with Crippen LogP contribution in [0.2, 0.25) is 0 Å². The SMILES string of the molecule is Nc1c(C2CC2)c(C2CC3CC[C@H](C2)N3C(=O)NCCO)nc2c(-c3ccc(-c4ccccc4)nc3)cnn12. The molecule has 2 saturated heterocycles. The zero-order valence-electron chi connectivity index (χ0n) is 21.8. The Labute approximate surface area is 227 Å². The molecule has 7 rings (SSSR count). The van der Waals surface area contributed by atoms with E-state index in [-0.39, 0.29) is 37.2 Å². The lowest BCUT2D eigenvalue weighted by Crippen LogP contribution is -2.51. The molecule has 1 saturated carbocycles. The third kappa shape index (κ3) is 4.21. The molecule has 3 fully saturated rings. The van der Waals surface area contributed by atoms with Gasteiger partial charge in [0.25, 0.3) is 0 Å². The number of urea groups is 1. The van der Waals surface area contributed by atoms with Gasteiger partial charge in [-0.1, -0.05) is 36.4 Å². The maximum absolute atomic E-state index is 12.8. The van der Waals surface area contributed by atoms with Crippen LogP contribution in [-0.2, 0) is 0 Å². The molecule has 39 heavy (non-hydrogen) atoms. The summed E-state index contributed by atoms with van der Waals surface area (Å²) in [6, 6.07) is 14.5. The normalized spacial score (nSPS) is 22.4. The minimum absolute atomic E-state index is 0.0519. The molecule has 9 nitrogen and oxygen atoms in total. The van der Waals surface area contributed by atoms with Crippen molar-refractivity contribution in [3.8, 4) is 22.4 Å². The molecule has 2 amide bonds. The maximum Gasteiger partial charge on any atom is 0.317 e. The molecule has 3 atom stereocenters. The molecule has 3 aliphatic rings. The number of rotatable bonds is 6. The number of hydrogen-bond acceptors (Lipinski definition) is 6. The zero-order chi connectivity index (χ0) is 26.5. The number of fused-ring (bicyclic) bond motifs is 3. The average Bonchev–Trinajstić information content (AvgIpc) is 3.66. The van der Waals surface area contributed by atoms with Gasteiger partial charge in [-0.3, -0.25) is 4.98 Å². The molecule has 1 aromatic carbocycles. The number of aliphatic hydroxyl groups excluding tert-OH is 1. The molecule has 2 bridgehead atoms. The highest BCUT2D eigenvalue weighted by Gasteiger charge is 2.45. The number of carbonyl (C=O) groups excluding carboxylic acids is 1. The minimum atomic E-state index is -0.0649. The summed E-state index contributed by atoms with van der Waals surface area (Å²) in [6.07, 6.45) is 9.73. The van der Waals surface area contributed by atoms with E-state index >= 15 is 0 Å². The van der Waals surface area contributed by atoms with E-state index < -0.39 is 0 Å². The Morgan fingerprint density at radius 1 is 0.974 bits per heavy atom. The van der Waals surface area contributed by atoms with Crippen molar-refractivity contribution in [2.75, 3.05) is 18.9 Å². The summed E-state index contributed by atoms with van der Waals surface area (Å²) in [4.78, 5) is 24.8. The van der Waals surface area contributed by atoms with Crippen LogP contribution in [0.1, 0.15) is 61.6 Å². The molecular weight excluding hydrogens is 490 g/mol. The van der Waals surface area contributed by atoms with E-state index in [4.69, 9.17) is 20.8 Å². The van der Waals surface area contributed by atoms with Crippen molar-refractivity contribution in [1.29, 1.82) is 0 Å². The van der Waals surface area contributed by atoms with E-state index in [1.54, 1.807) is 4.52 Å². The first-order chi connectivity index (χ1) is 19.1. The number of nitrogen functional groups attached to an aromatic ring is 1. The topological polar surface area (TPSA) is 122 Å². The van der Waals surface area contributed by atoms with Gasteiger partial charge in [0.1, 0.15) is 5.82 Å². The fraction of sp³-hybridized carbons (Fsp3) is 0.400. The summed E-state index contributed by atoms with van der Waals surface area (Å²) in [5, 5.41) is 16.6. The average molecular weight is 524 g/mol. The van der Waals surface area contributed by atoms with Crippen LogP contribution in [-0.4, -0.2) is 60.9 Å². The number of amides is 2. The number of anilines is 1. The van der Waals surface area contributed by atoms with Crippen molar-refractivity contribution in [2.45, 2.75) is 62.4 Å². The van der Waals surface area contributed by atoms with Gasteiger partial charge in [-0.25, -0.2) is 9.78 Å². The first-order valence-electron chi connectivity index (χ1n) is 14.0. The number of nitrogens with one attached hydrogen (secondary N) is 1. The highest BCUT2D eigenvalue weighted by molar-refractivity contribution is 5.79. The van der Waals surface area contributed by atoms with E-state index in [9.17, 15) is 4.79 Å². The van der Waals surface area contributed by atoms with Crippen molar-refractivity contribution < 1.29 is 9.90 Å². The van der Waals surface area contributed by atoms with Gasteiger partial charge in [0.2, 0.25) is 0 Å². The van der Waals surface area contributed by atoms with E-state index in [1.807, 2.05) is 41.6 Å². The lowest BCUT2D eigenvalue weighted by molar-refractivity contribution is 0.135. The molecule has 200 valence electrons. The second-order valence-corrected chi connectivity index (χ2v) is 11.1. The number of aromatic nitrogens is 4. The van der Waals surface area contributed by atoms with Gasteiger partial charge in [0, 0.05) is 53.0 Å². The first-order valence-corrected chi connectivity index (χ1v) is 14.0. The summed E-state index contributed by atoms with van der Waals surface area (Å²) in [7, 11) is 0. The highest BCUT2D eigenvalue weighted by Crippen LogP contribution is 2.50. The molecule has 4 aromatic rings. The number of benzene rings is 1. The Morgan fingerprint density at radius 3 is 2.41 bits per heavy atom. The molecule has 4 N–H and O–H groups in total. The first kappa shape index (κ1) is 24.1. The van der Waals surface area contributed by atoms with E-state index in [1.165, 1.54) is 0 Å². The smallest absolute Gasteiger partial charge is 0.317 e. The van der Waals surface area contributed by atoms with Gasteiger partial charge >= 0.3 is 6.03 Å². The van der Waals surface area contributed by atoms with Crippen LogP contribution in [0.25, 0.3) is 28.0 Å². The Balaban J connectivity index is 1.24. The number of piperidine rings is 1. The van der Waals surface area contributed by atoms with Crippen LogP contribution in [0.15, 0.2) is 54.9 Å². The molecule has 1 aliphatic carbocycles. The quantitative estimate of drug-likeness (QED) is 0.346. The van der Waals surface area contributed by atoms with Crippen LogP contribution >= 0.6 is 0 Å². The Bertz CT molecular complexity index is 1500. The standard InChI is InChI=1S/C30H33N7O2/c31-28-26(19-6-7-19)27(21-14-22-9-10-23(15-21)36(22)30(39)32-12-13-38)35-29-24(17-34-37(28)29)20-8-11-25(33-16-20)18-4-2-1-3-5-18/h1-5,8,11,16-17,19,21-23,38H,6-7,9-10,12-15,31H2,(H,32,39)/t21?,22-,23?/m1/s1. The molecule has 0 radical (unpaired) electrons. The second-order valence-electron chi connectivity index (χ2n) is 11.1. The zero-order valence-corrected chi connectivity index (χ0v) is 21.8. The third-order valence-electron chi connectivity index (χ3n) is 8.62. The van der Waals surface area contributed by atoms with Crippen LogP contribution in [0.5, 0.6) is 0 Å². The summed E-state index contributed by atoms with van der Waals surface area (Å²) < 4.78 is 1.80. The summed E-state index contributed by atoms with van der Waals surface area (Å²) in [6.45, 7) is 0.230. The fourth-order valence-corrected chi connectivity index (χ4v) is 6.67. The van der Waals surface area contributed by atoms with Crippen molar-refractivity contribution in [2.24, 2.45) is 0 Å². The molecule has 2 unspecified atom stereocenters. The lowest BCUT2D eigenvalue weighted by Gasteiger charge is -2.39. The Hall–Kier alpha value is -3.98. The number of hydrogen-bond donors (Lipinski definition) is 3. The van der Waals surface area contributed by atoms with Gasteiger partial charge < -0.3 is 21.1 Å². The number of nitrogens with two attached hydrogens (primary N) is 1. The second kappa shape index (κ2) is 9.64. The summed E-state index contributed by atoms with van der Waals surface area (Å²) >= 11 is 0. The van der Waals surface area contributed by atoms with Crippen LogP contribution in [0.3, 0.4) is 0 Å². The van der Waals surface area contributed by atoms with Crippen molar-refractivity contribution in [3.63, 3.8) is 0 Å². The molecule has 9 heteroatoms. The monoisotopic (exact) mass is 523 g/mol. The summed E-state index contributed by atoms with van der Waals surface area (Å²) in [5.74, 6) is 1.36. The third-order valence-corrected chi connectivity index (χ3v) is 8.62. The van der Waals surface area contributed by atoms with Crippen LogP contribution in [0.4, 0.5) is 10.6 Å². The van der Waals surface area contributed by atoms with E-state index in [0.29, 0.717) is 11.7 Å². The molecule has 2 aliphatic heterocycles. The Kier molecular flexibility index (Phi) is 5.96. The Morgan fingerprint density at radius 2 is 1.74 bits per heavy atom. The van der Waals surface area contributed by atoms with Crippen molar-refractivity contribution >= 4 is 17.5 Å².